The quantitative estimate of drug-likeness (QED) is 0.722. The number of carbonyl (C=O) groups excluding carboxylic acids is 1. The molecule has 1 amide bonds. The van der Waals surface area contributed by atoms with Crippen LogP contribution in [-0.2, 0) is 4.79 Å². The van der Waals surface area contributed by atoms with Crippen LogP contribution in [0.25, 0.3) is 5.69 Å². The lowest BCUT2D eigenvalue weighted by atomic mass is 10.1. The van der Waals surface area contributed by atoms with Gasteiger partial charge < -0.3 is 5.73 Å². The molecule has 3 aromatic rings. The van der Waals surface area contributed by atoms with E-state index in [2.05, 4.69) is 15.5 Å². The van der Waals surface area contributed by atoms with Crippen molar-refractivity contribution in [3.63, 3.8) is 0 Å². The summed E-state index contributed by atoms with van der Waals surface area (Å²) < 4.78 is 1.64. The van der Waals surface area contributed by atoms with E-state index in [0.717, 1.165) is 22.4 Å². The largest absolute Gasteiger partial charge is 0.368 e. The molecule has 3 rings (SSSR count). The number of nitrogens with two attached hydrogens (primary N) is 1. The predicted molar refractivity (Wildman–Crippen MR) is 92.9 cm³/mol. The van der Waals surface area contributed by atoms with Crippen molar-refractivity contribution < 1.29 is 4.79 Å². The van der Waals surface area contributed by atoms with Crippen LogP contribution in [0.5, 0.6) is 0 Å². The van der Waals surface area contributed by atoms with Crippen LogP contribution in [0, 0.1) is 13.8 Å². The molecule has 1 unspecified atom stereocenters. The van der Waals surface area contributed by atoms with E-state index in [0.29, 0.717) is 5.16 Å². The van der Waals surface area contributed by atoms with Gasteiger partial charge in [-0.25, -0.2) is 0 Å². The number of tetrazole rings is 1. The second kappa shape index (κ2) is 6.84. The summed E-state index contributed by atoms with van der Waals surface area (Å²) in [6.45, 7) is 4.05. The summed E-state index contributed by atoms with van der Waals surface area (Å²) in [6.07, 6.45) is 0. The fourth-order valence-electron chi connectivity index (χ4n) is 2.39. The lowest BCUT2D eigenvalue weighted by molar-refractivity contribution is -0.117. The highest BCUT2D eigenvalue weighted by Crippen LogP contribution is 2.34. The van der Waals surface area contributed by atoms with Crippen molar-refractivity contribution in [2.75, 3.05) is 0 Å². The van der Waals surface area contributed by atoms with Gasteiger partial charge in [-0.1, -0.05) is 54.2 Å². The molecule has 7 heteroatoms. The monoisotopic (exact) mass is 339 g/mol. The normalized spacial score (nSPS) is 12.1. The molecule has 6 nitrogen and oxygen atoms in total. The standard InChI is InChI=1S/C17H17N5OS/c1-11-7-6-10-14(12(11)2)22-17(19-20-21-22)24-15(16(18)23)13-8-4-3-5-9-13/h3-10,15H,1-2H3,(H2,18,23). The number of amides is 1. The maximum absolute atomic E-state index is 11.9. The molecule has 2 N–H and O–H groups in total. The molecule has 0 aliphatic carbocycles. The number of aromatic nitrogens is 4. The third-order valence-corrected chi connectivity index (χ3v) is 5.03. The van der Waals surface area contributed by atoms with Gasteiger partial charge in [-0.15, -0.1) is 5.10 Å². The number of hydrogen-bond acceptors (Lipinski definition) is 5. The first kappa shape index (κ1) is 16.2. The van der Waals surface area contributed by atoms with Crippen LogP contribution in [0.1, 0.15) is 21.9 Å². The van der Waals surface area contributed by atoms with Crippen LogP contribution >= 0.6 is 11.8 Å². The van der Waals surface area contributed by atoms with Gasteiger partial charge in [0.05, 0.1) is 5.69 Å². The Morgan fingerprint density at radius 1 is 1.12 bits per heavy atom. The number of thioether (sulfide) groups is 1. The van der Waals surface area contributed by atoms with Crippen LogP contribution in [0.15, 0.2) is 53.7 Å². The van der Waals surface area contributed by atoms with E-state index in [9.17, 15) is 4.79 Å². The van der Waals surface area contributed by atoms with Crippen molar-refractivity contribution in [3.8, 4) is 5.69 Å². The Balaban J connectivity index is 1.98. The Bertz CT molecular complexity index is 862. The number of aryl methyl sites for hydroxylation is 1. The molecule has 122 valence electrons. The van der Waals surface area contributed by atoms with Gasteiger partial charge in [0.25, 0.3) is 0 Å². The summed E-state index contributed by atoms with van der Waals surface area (Å²) in [6, 6.07) is 15.3. The molecule has 0 saturated carbocycles. The molecule has 24 heavy (non-hydrogen) atoms. The summed E-state index contributed by atoms with van der Waals surface area (Å²) in [7, 11) is 0. The molecule has 1 aromatic heterocycles. The van der Waals surface area contributed by atoms with E-state index in [1.807, 2.05) is 62.4 Å². The minimum absolute atomic E-state index is 0.429. The summed E-state index contributed by atoms with van der Waals surface area (Å²) in [5.41, 5.74) is 9.53. The van der Waals surface area contributed by atoms with Gasteiger partial charge in [0, 0.05) is 0 Å². The molecule has 1 heterocycles. The second-order valence-corrected chi connectivity index (χ2v) is 6.48. The van der Waals surface area contributed by atoms with Gasteiger partial charge >= 0.3 is 0 Å². The Kier molecular flexibility index (Phi) is 4.61. The minimum Gasteiger partial charge on any atom is -0.368 e. The van der Waals surface area contributed by atoms with Gasteiger partial charge in [-0.05, 0) is 47.0 Å². The van der Waals surface area contributed by atoms with Crippen molar-refractivity contribution in [1.29, 1.82) is 0 Å². The average Bonchev–Trinajstić information content (AvgIpc) is 3.04. The van der Waals surface area contributed by atoms with Gasteiger partial charge in [0.2, 0.25) is 11.1 Å². The van der Waals surface area contributed by atoms with E-state index in [1.54, 1.807) is 4.68 Å². The highest BCUT2D eigenvalue weighted by molar-refractivity contribution is 8.00. The number of benzene rings is 2. The molecule has 1 atom stereocenters. The van der Waals surface area contributed by atoms with E-state index in [-0.39, 0.29) is 0 Å². The Morgan fingerprint density at radius 2 is 1.88 bits per heavy atom. The zero-order chi connectivity index (χ0) is 17.1. The van der Waals surface area contributed by atoms with Crippen LogP contribution in [0.3, 0.4) is 0 Å². The second-order valence-electron chi connectivity index (χ2n) is 5.40. The number of carbonyl (C=O) groups is 1. The topological polar surface area (TPSA) is 86.7 Å². The number of primary amides is 1. The zero-order valence-corrected chi connectivity index (χ0v) is 14.2. The molecule has 0 saturated heterocycles. The fourth-order valence-corrected chi connectivity index (χ4v) is 3.33. The van der Waals surface area contributed by atoms with Crippen molar-refractivity contribution in [2.45, 2.75) is 24.3 Å². The average molecular weight is 339 g/mol. The van der Waals surface area contributed by atoms with Gasteiger partial charge in [-0.3, -0.25) is 4.79 Å². The van der Waals surface area contributed by atoms with E-state index in [4.69, 9.17) is 5.73 Å². The molecular weight excluding hydrogens is 322 g/mol. The third-order valence-electron chi connectivity index (χ3n) is 3.83. The number of nitrogens with zero attached hydrogens (tertiary/aromatic N) is 4. The zero-order valence-electron chi connectivity index (χ0n) is 13.4. The van der Waals surface area contributed by atoms with Gasteiger partial charge in [0.15, 0.2) is 0 Å². The molecule has 0 aliphatic heterocycles. The molecule has 0 bridgehead atoms. The lowest BCUT2D eigenvalue weighted by Crippen LogP contribution is -2.19. The smallest absolute Gasteiger partial charge is 0.235 e. The summed E-state index contributed by atoms with van der Waals surface area (Å²) in [4.78, 5) is 11.9. The van der Waals surface area contributed by atoms with E-state index >= 15 is 0 Å². The molecule has 0 aliphatic rings. The van der Waals surface area contributed by atoms with Gasteiger partial charge in [0.1, 0.15) is 5.25 Å². The maximum Gasteiger partial charge on any atom is 0.235 e. The molecule has 2 aromatic carbocycles. The first-order valence-corrected chi connectivity index (χ1v) is 8.32. The minimum atomic E-state index is -0.555. The summed E-state index contributed by atoms with van der Waals surface area (Å²) >= 11 is 1.24. The highest BCUT2D eigenvalue weighted by atomic mass is 32.2. The Hall–Kier alpha value is -2.67. The highest BCUT2D eigenvalue weighted by Gasteiger charge is 2.23. The van der Waals surface area contributed by atoms with Crippen molar-refractivity contribution in [1.82, 2.24) is 20.2 Å². The first-order chi connectivity index (χ1) is 11.6. The third kappa shape index (κ3) is 3.16. The van der Waals surface area contributed by atoms with Crippen LogP contribution in [0.2, 0.25) is 0 Å². The van der Waals surface area contributed by atoms with Crippen molar-refractivity contribution >= 4 is 17.7 Å². The van der Waals surface area contributed by atoms with Crippen LogP contribution < -0.4 is 5.73 Å². The van der Waals surface area contributed by atoms with Crippen molar-refractivity contribution in [2.24, 2.45) is 5.73 Å². The molecule has 0 radical (unpaired) electrons. The Labute approximate surface area is 144 Å². The van der Waals surface area contributed by atoms with Crippen molar-refractivity contribution in [3.05, 3.63) is 65.2 Å². The van der Waals surface area contributed by atoms with Gasteiger partial charge in [-0.2, -0.15) is 4.68 Å². The lowest BCUT2D eigenvalue weighted by Gasteiger charge is -2.14. The fraction of sp³-hybridized carbons (Fsp3) is 0.176. The van der Waals surface area contributed by atoms with E-state index in [1.165, 1.54) is 11.8 Å². The molecule has 0 fully saturated rings. The Morgan fingerprint density at radius 3 is 2.58 bits per heavy atom. The molecule has 0 spiro atoms. The summed E-state index contributed by atoms with van der Waals surface area (Å²) in [5, 5.41) is 11.9. The number of rotatable bonds is 5. The summed E-state index contributed by atoms with van der Waals surface area (Å²) in [5.74, 6) is -0.429. The molecular formula is C17H17N5OS. The predicted octanol–water partition coefficient (Wildman–Crippen LogP) is 2.60. The van der Waals surface area contributed by atoms with Crippen LogP contribution in [0.4, 0.5) is 0 Å². The number of hydrogen-bond donors (Lipinski definition) is 1. The van der Waals surface area contributed by atoms with E-state index < -0.39 is 11.2 Å². The first-order valence-electron chi connectivity index (χ1n) is 7.44. The SMILES string of the molecule is Cc1cccc(-n2nnnc2SC(C(N)=O)c2ccccc2)c1C. The maximum atomic E-state index is 11.9. The van der Waals surface area contributed by atoms with Crippen LogP contribution in [-0.4, -0.2) is 26.1 Å².